The van der Waals surface area contributed by atoms with Crippen LogP contribution in [0.2, 0.25) is 0 Å². The molecule has 1 aliphatic carbocycles. The monoisotopic (exact) mass is 448 g/mol. The van der Waals surface area contributed by atoms with Crippen LogP contribution in [0.1, 0.15) is 24.8 Å². The molecule has 5 rings (SSSR count). The zero-order valence-electron chi connectivity index (χ0n) is 19.0. The molecule has 0 atom stereocenters. The van der Waals surface area contributed by atoms with E-state index < -0.39 is 5.41 Å². The number of hydrogen-bond acceptors (Lipinski definition) is 8. The van der Waals surface area contributed by atoms with Crippen molar-refractivity contribution >= 4 is 23.4 Å². The number of hydrogen-bond donors (Lipinski definition) is 1. The molecule has 2 aromatic heterocycles. The van der Waals surface area contributed by atoms with Crippen LogP contribution in [0.5, 0.6) is 0 Å². The van der Waals surface area contributed by atoms with Gasteiger partial charge in [-0.25, -0.2) is 4.98 Å². The molecule has 0 spiro atoms. The number of morpholine rings is 1. The smallest absolute Gasteiger partial charge is 0.316 e. The first-order valence-corrected chi connectivity index (χ1v) is 11.2. The second-order valence-corrected chi connectivity index (χ2v) is 8.57. The van der Waals surface area contributed by atoms with Gasteiger partial charge in [-0.15, -0.1) is 0 Å². The Balaban J connectivity index is 1.43. The summed E-state index contributed by atoms with van der Waals surface area (Å²) < 4.78 is 12.3. The van der Waals surface area contributed by atoms with E-state index in [1.807, 2.05) is 43.6 Å². The van der Waals surface area contributed by atoms with Crippen molar-refractivity contribution in [3.05, 3.63) is 48.3 Å². The summed E-state index contributed by atoms with van der Waals surface area (Å²) in [6.45, 7) is 2.93. The lowest BCUT2D eigenvalue weighted by Crippen LogP contribution is -2.43. The molecule has 172 valence electrons. The lowest BCUT2D eigenvalue weighted by atomic mass is 9.64. The number of nitrogens with one attached hydrogen (secondary N) is 1. The molecule has 2 aliphatic rings. The Hall–Kier alpha value is -3.46. The van der Waals surface area contributed by atoms with E-state index in [1.54, 1.807) is 10.9 Å². The predicted octanol–water partition coefficient (Wildman–Crippen LogP) is 3.05. The minimum Gasteiger partial charge on any atom is -0.468 e. The molecule has 0 unspecified atom stereocenters. The molecular weight excluding hydrogens is 420 g/mol. The Labute approximate surface area is 192 Å². The second kappa shape index (κ2) is 8.82. The SMILES string of the molecule is COC(=O)C1(c2ccc(Nc3nc(-c4cnn(C)c4)cc(N4CCOCC4)n3)cc2)CCC1. The fraction of sp³-hybridized carbons (Fsp3) is 0.417. The summed E-state index contributed by atoms with van der Waals surface area (Å²) in [5.41, 5.74) is 3.07. The summed E-state index contributed by atoms with van der Waals surface area (Å²) in [5.74, 6) is 1.21. The zero-order valence-corrected chi connectivity index (χ0v) is 19.0. The lowest BCUT2D eigenvalue weighted by molar-refractivity contribution is -0.151. The third-order valence-electron chi connectivity index (χ3n) is 6.53. The fourth-order valence-electron chi connectivity index (χ4n) is 4.48. The molecule has 3 aromatic rings. The molecular formula is C24H28N6O3. The van der Waals surface area contributed by atoms with E-state index in [-0.39, 0.29) is 5.97 Å². The highest BCUT2D eigenvalue weighted by atomic mass is 16.5. The van der Waals surface area contributed by atoms with Crippen LogP contribution in [0, 0.1) is 0 Å². The maximum Gasteiger partial charge on any atom is 0.316 e. The molecule has 1 aliphatic heterocycles. The maximum atomic E-state index is 12.4. The molecule has 9 heteroatoms. The number of benzene rings is 1. The van der Waals surface area contributed by atoms with E-state index in [4.69, 9.17) is 19.4 Å². The zero-order chi connectivity index (χ0) is 22.8. The number of carbonyl (C=O) groups excluding carboxylic acids is 1. The maximum absolute atomic E-state index is 12.4. The number of carbonyl (C=O) groups is 1. The average molecular weight is 449 g/mol. The van der Waals surface area contributed by atoms with Gasteiger partial charge in [-0.1, -0.05) is 18.6 Å². The first-order chi connectivity index (χ1) is 16.1. The number of aryl methyl sites for hydroxylation is 1. The summed E-state index contributed by atoms with van der Waals surface area (Å²) in [5, 5.41) is 7.62. The number of methoxy groups -OCH3 is 1. The van der Waals surface area contributed by atoms with E-state index >= 15 is 0 Å². The van der Waals surface area contributed by atoms with E-state index in [1.165, 1.54) is 7.11 Å². The molecule has 0 bridgehead atoms. The van der Waals surface area contributed by atoms with Gasteiger partial charge in [0, 0.05) is 43.7 Å². The average Bonchev–Trinajstić information content (AvgIpc) is 3.26. The van der Waals surface area contributed by atoms with Gasteiger partial charge in [-0.3, -0.25) is 9.48 Å². The molecule has 1 saturated heterocycles. The van der Waals surface area contributed by atoms with E-state index in [0.717, 1.165) is 60.7 Å². The van der Waals surface area contributed by atoms with Gasteiger partial charge in [-0.05, 0) is 30.5 Å². The minimum atomic E-state index is -0.506. The number of nitrogens with zero attached hydrogens (tertiary/aromatic N) is 5. The Kier molecular flexibility index (Phi) is 5.72. The van der Waals surface area contributed by atoms with Crippen LogP contribution < -0.4 is 10.2 Å². The molecule has 1 aromatic carbocycles. The van der Waals surface area contributed by atoms with Crippen LogP contribution in [0.3, 0.4) is 0 Å². The Morgan fingerprint density at radius 2 is 1.91 bits per heavy atom. The van der Waals surface area contributed by atoms with Crippen molar-refractivity contribution in [1.82, 2.24) is 19.7 Å². The van der Waals surface area contributed by atoms with Gasteiger partial charge in [0.05, 0.1) is 37.6 Å². The van der Waals surface area contributed by atoms with E-state index in [0.29, 0.717) is 19.2 Å². The van der Waals surface area contributed by atoms with Crippen LogP contribution in [-0.2, 0) is 26.7 Å². The fourth-order valence-corrected chi connectivity index (χ4v) is 4.48. The highest BCUT2D eigenvalue weighted by Crippen LogP contribution is 2.45. The van der Waals surface area contributed by atoms with Gasteiger partial charge in [0.2, 0.25) is 5.95 Å². The van der Waals surface area contributed by atoms with Crippen molar-refractivity contribution in [1.29, 1.82) is 0 Å². The number of rotatable bonds is 6. The van der Waals surface area contributed by atoms with Crippen LogP contribution >= 0.6 is 0 Å². The molecule has 1 saturated carbocycles. The third kappa shape index (κ3) is 4.16. The topological polar surface area (TPSA) is 94.4 Å². The third-order valence-corrected chi connectivity index (χ3v) is 6.53. The van der Waals surface area contributed by atoms with Gasteiger partial charge in [0.1, 0.15) is 5.82 Å². The van der Waals surface area contributed by atoms with E-state index in [2.05, 4.69) is 15.3 Å². The summed E-state index contributed by atoms with van der Waals surface area (Å²) in [6, 6.07) is 9.91. The van der Waals surface area contributed by atoms with Gasteiger partial charge in [-0.2, -0.15) is 10.1 Å². The second-order valence-electron chi connectivity index (χ2n) is 8.57. The van der Waals surface area contributed by atoms with Gasteiger partial charge in [0.25, 0.3) is 0 Å². The highest BCUT2D eigenvalue weighted by Gasteiger charge is 2.46. The van der Waals surface area contributed by atoms with Crippen molar-refractivity contribution in [2.75, 3.05) is 43.6 Å². The van der Waals surface area contributed by atoms with Crippen molar-refractivity contribution in [3.8, 4) is 11.3 Å². The van der Waals surface area contributed by atoms with Gasteiger partial charge >= 0.3 is 5.97 Å². The Morgan fingerprint density at radius 3 is 2.52 bits per heavy atom. The van der Waals surface area contributed by atoms with Crippen LogP contribution in [0.15, 0.2) is 42.7 Å². The predicted molar refractivity (Wildman–Crippen MR) is 125 cm³/mol. The number of esters is 1. The largest absolute Gasteiger partial charge is 0.468 e. The standard InChI is InChI=1S/C24H28N6O3/c1-29-16-17(15-25-29)20-14-21(30-10-12-33-13-11-30)28-23(27-20)26-19-6-4-18(5-7-19)24(8-3-9-24)22(31)32-2/h4-7,14-16H,3,8-13H2,1-2H3,(H,26,27,28). The molecule has 33 heavy (non-hydrogen) atoms. The van der Waals surface area contributed by atoms with Crippen LogP contribution in [0.4, 0.5) is 17.5 Å². The highest BCUT2D eigenvalue weighted by molar-refractivity contribution is 5.84. The Morgan fingerprint density at radius 1 is 1.15 bits per heavy atom. The normalized spacial score (nSPS) is 17.3. The van der Waals surface area contributed by atoms with Crippen LogP contribution in [0.25, 0.3) is 11.3 Å². The molecule has 1 N–H and O–H groups in total. The van der Waals surface area contributed by atoms with Crippen LogP contribution in [-0.4, -0.2) is 59.1 Å². The minimum absolute atomic E-state index is 0.155. The molecule has 0 radical (unpaired) electrons. The molecule has 9 nitrogen and oxygen atoms in total. The van der Waals surface area contributed by atoms with Crippen molar-refractivity contribution < 1.29 is 14.3 Å². The lowest BCUT2D eigenvalue weighted by Gasteiger charge is -2.39. The summed E-state index contributed by atoms with van der Waals surface area (Å²) in [6.07, 6.45) is 6.43. The first kappa shape index (κ1) is 21.4. The number of anilines is 3. The van der Waals surface area contributed by atoms with Gasteiger partial charge in [0.15, 0.2) is 0 Å². The molecule has 2 fully saturated rings. The van der Waals surface area contributed by atoms with Crippen molar-refractivity contribution in [2.24, 2.45) is 7.05 Å². The Bertz CT molecular complexity index is 1130. The number of ether oxygens (including phenoxy) is 2. The summed E-state index contributed by atoms with van der Waals surface area (Å²) in [7, 11) is 3.34. The van der Waals surface area contributed by atoms with Gasteiger partial charge < -0.3 is 19.7 Å². The number of aromatic nitrogens is 4. The quantitative estimate of drug-likeness (QED) is 0.575. The van der Waals surface area contributed by atoms with Crippen molar-refractivity contribution in [3.63, 3.8) is 0 Å². The van der Waals surface area contributed by atoms with E-state index in [9.17, 15) is 4.79 Å². The first-order valence-electron chi connectivity index (χ1n) is 11.2. The van der Waals surface area contributed by atoms with Crippen molar-refractivity contribution in [2.45, 2.75) is 24.7 Å². The summed E-state index contributed by atoms with van der Waals surface area (Å²) >= 11 is 0. The summed E-state index contributed by atoms with van der Waals surface area (Å²) in [4.78, 5) is 24.1. The molecule has 0 amide bonds. The molecule has 3 heterocycles.